The Balaban J connectivity index is 3.04. The fourth-order valence-electron chi connectivity index (χ4n) is 2.11. The number of methoxy groups -OCH3 is 3. The van der Waals surface area contributed by atoms with Crippen molar-refractivity contribution in [2.75, 3.05) is 46.8 Å². The molecule has 0 bridgehead atoms. The number of anilines is 1. The lowest BCUT2D eigenvalue weighted by Crippen LogP contribution is -2.43. The second-order valence-electron chi connectivity index (χ2n) is 4.72. The van der Waals surface area contributed by atoms with Crippen LogP contribution < -0.4 is 10.5 Å². The standard InChI is InChI=1S/C15H24N2O4/c1-11(10-20-3)17(8-9-19-2)15(18)12-6-5-7-13(21-4)14(12)16/h5-7,11H,8-10,16H2,1-4H3. The zero-order valence-electron chi connectivity index (χ0n) is 13.1. The third kappa shape index (κ3) is 4.34. The molecule has 0 heterocycles. The number of hydrogen-bond acceptors (Lipinski definition) is 5. The predicted octanol–water partition coefficient (Wildman–Crippen LogP) is 1.40. The van der Waals surface area contributed by atoms with Gasteiger partial charge in [0.1, 0.15) is 5.75 Å². The second kappa shape index (κ2) is 8.49. The first-order valence-corrected chi connectivity index (χ1v) is 6.78. The van der Waals surface area contributed by atoms with E-state index in [-0.39, 0.29) is 11.9 Å². The summed E-state index contributed by atoms with van der Waals surface area (Å²) < 4.78 is 15.4. The van der Waals surface area contributed by atoms with E-state index >= 15 is 0 Å². The number of nitrogens with zero attached hydrogens (tertiary/aromatic N) is 1. The van der Waals surface area contributed by atoms with Crippen LogP contribution in [0.2, 0.25) is 0 Å². The molecule has 0 spiro atoms. The van der Waals surface area contributed by atoms with Crippen LogP contribution in [0.5, 0.6) is 5.75 Å². The summed E-state index contributed by atoms with van der Waals surface area (Å²) in [5.74, 6) is 0.333. The van der Waals surface area contributed by atoms with Crippen molar-refractivity contribution in [3.05, 3.63) is 23.8 Å². The van der Waals surface area contributed by atoms with Gasteiger partial charge in [0.05, 0.1) is 37.6 Å². The monoisotopic (exact) mass is 296 g/mol. The molecular formula is C15H24N2O4. The molecule has 1 aromatic carbocycles. The molecule has 21 heavy (non-hydrogen) atoms. The maximum Gasteiger partial charge on any atom is 0.256 e. The number of carbonyl (C=O) groups excluding carboxylic acids is 1. The van der Waals surface area contributed by atoms with Gasteiger partial charge in [-0.3, -0.25) is 4.79 Å². The topological polar surface area (TPSA) is 74.0 Å². The van der Waals surface area contributed by atoms with Crippen LogP contribution in [-0.2, 0) is 9.47 Å². The van der Waals surface area contributed by atoms with Gasteiger partial charge in [0.25, 0.3) is 5.91 Å². The molecule has 1 atom stereocenters. The van der Waals surface area contributed by atoms with Crippen LogP contribution in [0.1, 0.15) is 17.3 Å². The Hall–Kier alpha value is -1.79. The SMILES string of the molecule is COCCN(C(=O)c1cccc(OC)c1N)C(C)COC. The molecule has 1 aromatic rings. The van der Waals surface area contributed by atoms with Crippen LogP contribution in [0.4, 0.5) is 5.69 Å². The van der Waals surface area contributed by atoms with E-state index < -0.39 is 0 Å². The van der Waals surface area contributed by atoms with E-state index in [9.17, 15) is 4.79 Å². The molecule has 1 amide bonds. The zero-order valence-corrected chi connectivity index (χ0v) is 13.1. The second-order valence-corrected chi connectivity index (χ2v) is 4.72. The number of hydrogen-bond donors (Lipinski definition) is 1. The normalized spacial score (nSPS) is 12.0. The highest BCUT2D eigenvalue weighted by Crippen LogP contribution is 2.26. The van der Waals surface area contributed by atoms with E-state index in [0.29, 0.717) is 36.8 Å². The smallest absolute Gasteiger partial charge is 0.256 e. The lowest BCUT2D eigenvalue weighted by Gasteiger charge is -2.29. The molecule has 118 valence electrons. The van der Waals surface area contributed by atoms with E-state index in [1.807, 2.05) is 6.92 Å². The molecule has 0 radical (unpaired) electrons. The van der Waals surface area contributed by atoms with Gasteiger partial charge >= 0.3 is 0 Å². The van der Waals surface area contributed by atoms with Crippen LogP contribution in [0.15, 0.2) is 18.2 Å². The van der Waals surface area contributed by atoms with Gasteiger partial charge in [0.2, 0.25) is 0 Å². The van der Waals surface area contributed by atoms with E-state index in [1.165, 1.54) is 7.11 Å². The van der Waals surface area contributed by atoms with Crippen molar-refractivity contribution < 1.29 is 19.0 Å². The van der Waals surface area contributed by atoms with Crippen molar-refractivity contribution in [3.8, 4) is 5.75 Å². The van der Waals surface area contributed by atoms with E-state index in [0.717, 1.165) is 0 Å². The highest BCUT2D eigenvalue weighted by atomic mass is 16.5. The molecule has 6 heteroatoms. The summed E-state index contributed by atoms with van der Waals surface area (Å²) >= 11 is 0. The molecule has 0 saturated heterocycles. The van der Waals surface area contributed by atoms with Crippen molar-refractivity contribution in [1.82, 2.24) is 4.90 Å². The number of carbonyl (C=O) groups is 1. The molecule has 0 saturated carbocycles. The molecule has 0 fully saturated rings. The van der Waals surface area contributed by atoms with Gasteiger partial charge in [0.15, 0.2) is 0 Å². The van der Waals surface area contributed by atoms with Gasteiger partial charge < -0.3 is 24.8 Å². The minimum Gasteiger partial charge on any atom is -0.495 e. The maximum atomic E-state index is 12.7. The average molecular weight is 296 g/mol. The van der Waals surface area contributed by atoms with Crippen molar-refractivity contribution in [1.29, 1.82) is 0 Å². The highest BCUT2D eigenvalue weighted by Gasteiger charge is 2.24. The summed E-state index contributed by atoms with van der Waals surface area (Å²) in [6.07, 6.45) is 0. The number of nitrogens with two attached hydrogens (primary N) is 1. The molecule has 0 aliphatic rings. The minimum absolute atomic E-state index is 0.0803. The summed E-state index contributed by atoms with van der Waals surface area (Å²) in [6.45, 7) is 3.28. The number of amides is 1. The summed E-state index contributed by atoms with van der Waals surface area (Å²) in [7, 11) is 4.73. The van der Waals surface area contributed by atoms with E-state index in [1.54, 1.807) is 37.3 Å². The van der Waals surface area contributed by atoms with Gasteiger partial charge in [0, 0.05) is 20.8 Å². The summed E-state index contributed by atoms with van der Waals surface area (Å²) in [5.41, 5.74) is 6.77. The average Bonchev–Trinajstić information content (AvgIpc) is 2.48. The van der Waals surface area contributed by atoms with Crippen LogP contribution >= 0.6 is 0 Å². The lowest BCUT2D eigenvalue weighted by atomic mass is 10.1. The van der Waals surface area contributed by atoms with Crippen LogP contribution in [0, 0.1) is 0 Å². The third-order valence-electron chi connectivity index (χ3n) is 3.25. The number of para-hydroxylation sites is 1. The highest BCUT2D eigenvalue weighted by molar-refractivity contribution is 6.00. The largest absolute Gasteiger partial charge is 0.495 e. The molecular weight excluding hydrogens is 272 g/mol. The molecule has 2 N–H and O–H groups in total. The first kappa shape index (κ1) is 17.3. The fraction of sp³-hybridized carbons (Fsp3) is 0.533. The molecule has 1 rings (SSSR count). The molecule has 0 aliphatic carbocycles. The first-order valence-electron chi connectivity index (χ1n) is 6.78. The van der Waals surface area contributed by atoms with Gasteiger partial charge in [-0.05, 0) is 19.1 Å². The predicted molar refractivity (Wildman–Crippen MR) is 81.7 cm³/mol. The number of ether oxygens (including phenoxy) is 3. The molecule has 0 aliphatic heterocycles. The Bertz CT molecular complexity index is 465. The van der Waals surface area contributed by atoms with Gasteiger partial charge in [-0.15, -0.1) is 0 Å². The van der Waals surface area contributed by atoms with Gasteiger partial charge in [-0.25, -0.2) is 0 Å². The number of benzene rings is 1. The van der Waals surface area contributed by atoms with Gasteiger partial charge in [-0.1, -0.05) is 6.07 Å². The Kier molecular flexibility index (Phi) is 6.98. The van der Waals surface area contributed by atoms with Crippen LogP contribution in [0.3, 0.4) is 0 Å². The fourth-order valence-corrected chi connectivity index (χ4v) is 2.11. The van der Waals surface area contributed by atoms with Crippen LogP contribution in [-0.4, -0.2) is 57.9 Å². The van der Waals surface area contributed by atoms with Gasteiger partial charge in [-0.2, -0.15) is 0 Å². The molecule has 0 aromatic heterocycles. The maximum absolute atomic E-state index is 12.7. The summed E-state index contributed by atoms with van der Waals surface area (Å²) in [6, 6.07) is 5.09. The van der Waals surface area contributed by atoms with Crippen LogP contribution in [0.25, 0.3) is 0 Å². The van der Waals surface area contributed by atoms with Crippen molar-refractivity contribution in [2.45, 2.75) is 13.0 Å². The summed E-state index contributed by atoms with van der Waals surface area (Å²) in [4.78, 5) is 14.4. The van der Waals surface area contributed by atoms with E-state index in [4.69, 9.17) is 19.9 Å². The lowest BCUT2D eigenvalue weighted by molar-refractivity contribution is 0.0480. The molecule has 1 unspecified atom stereocenters. The molecule has 6 nitrogen and oxygen atoms in total. The first-order chi connectivity index (χ1) is 10.1. The minimum atomic E-state index is -0.159. The number of nitrogen functional groups attached to an aromatic ring is 1. The van der Waals surface area contributed by atoms with E-state index in [2.05, 4.69) is 0 Å². The Morgan fingerprint density at radius 1 is 1.29 bits per heavy atom. The third-order valence-corrected chi connectivity index (χ3v) is 3.25. The Morgan fingerprint density at radius 2 is 2.00 bits per heavy atom. The van der Waals surface area contributed by atoms with Crippen molar-refractivity contribution in [3.63, 3.8) is 0 Å². The van der Waals surface area contributed by atoms with Crippen molar-refractivity contribution in [2.24, 2.45) is 0 Å². The summed E-state index contributed by atoms with van der Waals surface area (Å²) in [5, 5.41) is 0. The quantitative estimate of drug-likeness (QED) is 0.734. The Morgan fingerprint density at radius 3 is 2.57 bits per heavy atom. The number of rotatable bonds is 8. The Labute approximate surface area is 125 Å². The van der Waals surface area contributed by atoms with Crippen molar-refractivity contribution >= 4 is 11.6 Å². The zero-order chi connectivity index (χ0) is 15.8.